The van der Waals surface area contributed by atoms with Crippen molar-refractivity contribution in [3.05, 3.63) is 62.0 Å². The standard InChI is InChI=1S/C17H18BrCl2NO2/c1-11(22)8-21-9-13-7-14(18)3-5-17(13)23-10-12-2-4-15(19)16(20)6-12/h2-7,11,21-22H,8-10H2,1H3. The average molecular weight is 419 g/mol. The van der Waals surface area contributed by atoms with Crippen molar-refractivity contribution in [3.8, 4) is 5.75 Å². The van der Waals surface area contributed by atoms with Gasteiger partial charge in [-0.25, -0.2) is 0 Å². The molecule has 23 heavy (non-hydrogen) atoms. The Morgan fingerprint density at radius 1 is 1.17 bits per heavy atom. The maximum absolute atomic E-state index is 9.33. The molecule has 0 aliphatic carbocycles. The Morgan fingerprint density at radius 2 is 1.96 bits per heavy atom. The largest absolute Gasteiger partial charge is 0.489 e. The van der Waals surface area contributed by atoms with E-state index in [1.165, 1.54) is 0 Å². The van der Waals surface area contributed by atoms with Gasteiger partial charge in [-0.3, -0.25) is 0 Å². The minimum absolute atomic E-state index is 0.386. The van der Waals surface area contributed by atoms with Crippen LogP contribution in [0.15, 0.2) is 40.9 Å². The second-order valence-electron chi connectivity index (χ2n) is 5.27. The van der Waals surface area contributed by atoms with Gasteiger partial charge in [-0.15, -0.1) is 0 Å². The van der Waals surface area contributed by atoms with E-state index < -0.39 is 0 Å². The third-order valence-electron chi connectivity index (χ3n) is 3.16. The summed E-state index contributed by atoms with van der Waals surface area (Å²) in [4.78, 5) is 0. The highest BCUT2D eigenvalue weighted by Gasteiger charge is 2.07. The lowest BCUT2D eigenvalue weighted by molar-refractivity contribution is 0.190. The second kappa shape index (κ2) is 8.90. The van der Waals surface area contributed by atoms with Crippen LogP contribution in [-0.2, 0) is 13.2 Å². The highest BCUT2D eigenvalue weighted by atomic mass is 79.9. The van der Waals surface area contributed by atoms with Gasteiger partial charge >= 0.3 is 0 Å². The van der Waals surface area contributed by atoms with Crippen molar-refractivity contribution in [2.24, 2.45) is 0 Å². The summed E-state index contributed by atoms with van der Waals surface area (Å²) in [5.74, 6) is 0.789. The molecule has 0 aliphatic rings. The quantitative estimate of drug-likeness (QED) is 0.678. The van der Waals surface area contributed by atoms with E-state index in [1.807, 2.05) is 24.3 Å². The third-order valence-corrected chi connectivity index (χ3v) is 4.39. The molecule has 2 aromatic carbocycles. The molecule has 0 bridgehead atoms. The van der Waals surface area contributed by atoms with Crippen molar-refractivity contribution in [2.75, 3.05) is 6.54 Å². The molecule has 2 aromatic rings. The van der Waals surface area contributed by atoms with Crippen molar-refractivity contribution in [1.29, 1.82) is 0 Å². The Kier molecular flexibility index (Phi) is 7.18. The smallest absolute Gasteiger partial charge is 0.124 e. The van der Waals surface area contributed by atoms with Crippen LogP contribution in [0.3, 0.4) is 0 Å². The predicted octanol–water partition coefficient (Wildman–Crippen LogP) is 4.81. The van der Waals surface area contributed by atoms with E-state index in [2.05, 4.69) is 21.2 Å². The number of aliphatic hydroxyl groups excluding tert-OH is 1. The summed E-state index contributed by atoms with van der Waals surface area (Å²) in [6, 6.07) is 11.3. The van der Waals surface area contributed by atoms with Crippen LogP contribution < -0.4 is 10.1 Å². The summed E-state index contributed by atoms with van der Waals surface area (Å²) in [5, 5.41) is 13.6. The zero-order valence-corrected chi connectivity index (χ0v) is 15.7. The van der Waals surface area contributed by atoms with Crippen molar-refractivity contribution >= 4 is 39.1 Å². The fraction of sp³-hybridized carbons (Fsp3) is 0.294. The van der Waals surface area contributed by atoms with Crippen molar-refractivity contribution < 1.29 is 9.84 Å². The molecule has 2 N–H and O–H groups in total. The SMILES string of the molecule is CC(O)CNCc1cc(Br)ccc1OCc1ccc(Cl)c(Cl)c1. The molecule has 3 nitrogen and oxygen atoms in total. The molecule has 0 aromatic heterocycles. The van der Waals surface area contributed by atoms with Crippen LogP contribution in [0, 0.1) is 0 Å². The maximum atomic E-state index is 9.33. The summed E-state index contributed by atoms with van der Waals surface area (Å²) in [5.41, 5.74) is 1.96. The van der Waals surface area contributed by atoms with E-state index in [0.29, 0.717) is 29.7 Å². The van der Waals surface area contributed by atoms with Crippen LogP contribution >= 0.6 is 39.1 Å². The molecule has 0 aliphatic heterocycles. The van der Waals surface area contributed by atoms with Gasteiger partial charge < -0.3 is 15.2 Å². The molecule has 2 rings (SSSR count). The lowest BCUT2D eigenvalue weighted by atomic mass is 10.2. The van der Waals surface area contributed by atoms with E-state index >= 15 is 0 Å². The summed E-state index contributed by atoms with van der Waals surface area (Å²) >= 11 is 15.4. The Hall–Kier alpha value is -0.780. The number of hydrogen-bond acceptors (Lipinski definition) is 3. The molecule has 0 radical (unpaired) electrons. The van der Waals surface area contributed by atoms with Gasteiger partial charge in [-0.1, -0.05) is 45.2 Å². The van der Waals surface area contributed by atoms with Gasteiger partial charge in [0.1, 0.15) is 12.4 Å². The number of benzene rings is 2. The zero-order chi connectivity index (χ0) is 16.8. The third kappa shape index (κ3) is 5.98. The first-order chi connectivity index (χ1) is 11.0. The molecule has 1 atom stereocenters. The van der Waals surface area contributed by atoms with Crippen LogP contribution in [0.2, 0.25) is 10.0 Å². The molecule has 0 heterocycles. The number of aliphatic hydroxyl groups is 1. The van der Waals surface area contributed by atoms with Crippen LogP contribution in [0.5, 0.6) is 5.75 Å². The van der Waals surface area contributed by atoms with Crippen molar-refractivity contribution in [3.63, 3.8) is 0 Å². The van der Waals surface area contributed by atoms with E-state index in [9.17, 15) is 5.11 Å². The fourth-order valence-electron chi connectivity index (χ4n) is 2.03. The van der Waals surface area contributed by atoms with E-state index in [-0.39, 0.29) is 6.10 Å². The minimum Gasteiger partial charge on any atom is -0.489 e. The van der Waals surface area contributed by atoms with Gasteiger partial charge in [-0.05, 0) is 42.8 Å². The lowest BCUT2D eigenvalue weighted by Crippen LogP contribution is -2.24. The summed E-state index contributed by atoms with van der Waals surface area (Å²) in [7, 11) is 0. The Balaban J connectivity index is 2.04. The molecule has 0 saturated carbocycles. The number of ether oxygens (including phenoxy) is 1. The first-order valence-corrected chi connectivity index (χ1v) is 8.74. The highest BCUT2D eigenvalue weighted by molar-refractivity contribution is 9.10. The van der Waals surface area contributed by atoms with Gasteiger partial charge in [0, 0.05) is 23.1 Å². The van der Waals surface area contributed by atoms with Crippen LogP contribution in [0.1, 0.15) is 18.1 Å². The summed E-state index contributed by atoms with van der Waals surface area (Å²) in [6.07, 6.45) is -0.386. The monoisotopic (exact) mass is 417 g/mol. The molecule has 0 saturated heterocycles. The zero-order valence-electron chi connectivity index (χ0n) is 12.7. The van der Waals surface area contributed by atoms with Gasteiger partial charge in [0.15, 0.2) is 0 Å². The molecule has 1 unspecified atom stereocenters. The molecular weight excluding hydrogens is 401 g/mol. The van der Waals surface area contributed by atoms with Gasteiger partial charge in [0.25, 0.3) is 0 Å². The second-order valence-corrected chi connectivity index (χ2v) is 7.00. The molecule has 0 amide bonds. The minimum atomic E-state index is -0.386. The van der Waals surface area contributed by atoms with Crippen LogP contribution in [0.25, 0.3) is 0 Å². The molecule has 0 fully saturated rings. The van der Waals surface area contributed by atoms with Gasteiger partial charge in [0.05, 0.1) is 16.1 Å². The Labute approximate surface area is 154 Å². The fourth-order valence-corrected chi connectivity index (χ4v) is 2.76. The number of rotatable bonds is 7. The lowest BCUT2D eigenvalue weighted by Gasteiger charge is -2.14. The first kappa shape index (κ1) is 18.6. The first-order valence-electron chi connectivity index (χ1n) is 7.19. The average Bonchev–Trinajstić information content (AvgIpc) is 2.49. The molecule has 6 heteroatoms. The van der Waals surface area contributed by atoms with Crippen molar-refractivity contribution in [1.82, 2.24) is 5.32 Å². The summed E-state index contributed by atoms with van der Waals surface area (Å²) in [6.45, 7) is 3.29. The van der Waals surface area contributed by atoms with Gasteiger partial charge in [0.2, 0.25) is 0 Å². The number of hydrogen-bond donors (Lipinski definition) is 2. The molecular formula is C17H18BrCl2NO2. The Morgan fingerprint density at radius 3 is 2.65 bits per heavy atom. The van der Waals surface area contributed by atoms with E-state index in [1.54, 1.807) is 19.1 Å². The number of nitrogens with one attached hydrogen (secondary N) is 1. The highest BCUT2D eigenvalue weighted by Crippen LogP contribution is 2.26. The normalized spacial score (nSPS) is 12.2. The van der Waals surface area contributed by atoms with Crippen molar-refractivity contribution in [2.45, 2.75) is 26.2 Å². The summed E-state index contributed by atoms with van der Waals surface area (Å²) < 4.78 is 6.89. The number of halogens is 3. The van der Waals surface area contributed by atoms with Gasteiger partial charge in [-0.2, -0.15) is 0 Å². The van der Waals surface area contributed by atoms with Crippen LogP contribution in [-0.4, -0.2) is 17.8 Å². The molecule has 124 valence electrons. The predicted molar refractivity (Wildman–Crippen MR) is 98.3 cm³/mol. The molecule has 0 spiro atoms. The maximum Gasteiger partial charge on any atom is 0.124 e. The topological polar surface area (TPSA) is 41.5 Å². The van der Waals surface area contributed by atoms with Crippen LogP contribution in [0.4, 0.5) is 0 Å². The van der Waals surface area contributed by atoms with E-state index in [4.69, 9.17) is 27.9 Å². The van der Waals surface area contributed by atoms with E-state index in [0.717, 1.165) is 21.3 Å². The Bertz CT molecular complexity index is 665.